The van der Waals surface area contributed by atoms with Crippen molar-refractivity contribution in [3.63, 3.8) is 0 Å². The summed E-state index contributed by atoms with van der Waals surface area (Å²) in [4.78, 5) is 28.4. The van der Waals surface area contributed by atoms with E-state index in [4.69, 9.17) is 15.6 Å². The average Bonchev–Trinajstić information content (AvgIpc) is 2.24. The minimum absolute atomic E-state index is 0.0308. The molecule has 0 unspecified atom stereocenters. The maximum Gasteiger partial charge on any atom is 0.308 e. The molecule has 1 aromatic rings. The summed E-state index contributed by atoms with van der Waals surface area (Å²) in [5, 5.41) is 8.60. The van der Waals surface area contributed by atoms with Crippen molar-refractivity contribution in [3.8, 4) is 0 Å². The predicted octanol–water partition coefficient (Wildman–Crippen LogP) is -0.0942. The molecular weight excluding hydrogens is 226 g/mol. The zero-order valence-corrected chi connectivity index (χ0v) is 9.52. The van der Waals surface area contributed by atoms with E-state index in [0.717, 1.165) is 6.42 Å². The fraction of sp³-hybridized carbons (Fsp3) is 0.500. The van der Waals surface area contributed by atoms with E-state index in [-0.39, 0.29) is 18.0 Å². The van der Waals surface area contributed by atoms with Crippen LogP contribution >= 0.6 is 0 Å². The van der Waals surface area contributed by atoms with Crippen molar-refractivity contribution in [2.24, 2.45) is 0 Å². The molecule has 1 aromatic heterocycles. The maximum atomic E-state index is 11.5. The van der Waals surface area contributed by atoms with Gasteiger partial charge in [-0.05, 0) is 6.42 Å². The van der Waals surface area contributed by atoms with Crippen molar-refractivity contribution in [2.45, 2.75) is 26.4 Å². The Kier molecular flexibility index (Phi) is 4.65. The smallest absolute Gasteiger partial charge is 0.308 e. The van der Waals surface area contributed by atoms with Gasteiger partial charge in [-0.1, -0.05) is 6.92 Å². The lowest BCUT2D eigenvalue weighted by atomic mass is 10.2. The Morgan fingerprint density at radius 3 is 2.82 bits per heavy atom. The number of anilines is 1. The van der Waals surface area contributed by atoms with Gasteiger partial charge in [-0.2, -0.15) is 0 Å². The molecular formula is C10H15N3O4. The predicted molar refractivity (Wildman–Crippen MR) is 60.6 cm³/mol. The Morgan fingerprint density at radius 1 is 1.59 bits per heavy atom. The Bertz CT molecular complexity index is 455. The molecule has 1 rings (SSSR count). The molecule has 0 aliphatic rings. The quantitative estimate of drug-likeness (QED) is 0.599. The molecule has 94 valence electrons. The summed E-state index contributed by atoms with van der Waals surface area (Å²) in [6, 6.07) is 0. The highest BCUT2D eigenvalue weighted by atomic mass is 16.5. The van der Waals surface area contributed by atoms with Crippen LogP contribution in [-0.4, -0.2) is 27.7 Å². The molecule has 0 saturated heterocycles. The number of ether oxygens (including phenoxy) is 1. The Morgan fingerprint density at radius 2 is 2.29 bits per heavy atom. The molecule has 7 heteroatoms. The van der Waals surface area contributed by atoms with E-state index in [9.17, 15) is 9.59 Å². The fourth-order valence-corrected chi connectivity index (χ4v) is 1.27. The molecule has 7 nitrogen and oxygen atoms in total. The Balaban J connectivity index is 2.85. The van der Waals surface area contributed by atoms with Crippen LogP contribution in [-0.2, 0) is 22.6 Å². The van der Waals surface area contributed by atoms with Crippen molar-refractivity contribution in [3.05, 3.63) is 21.7 Å². The van der Waals surface area contributed by atoms with Crippen LogP contribution in [0.1, 0.15) is 24.7 Å². The SMILES string of the molecule is CCCOCc1nc(N)c(CC(=O)O)c(=O)[nH]1. The van der Waals surface area contributed by atoms with Crippen molar-refractivity contribution >= 4 is 11.8 Å². The second kappa shape index (κ2) is 6.00. The highest BCUT2D eigenvalue weighted by molar-refractivity contribution is 5.71. The van der Waals surface area contributed by atoms with Crippen molar-refractivity contribution < 1.29 is 14.6 Å². The van der Waals surface area contributed by atoms with Crippen LogP contribution in [0.3, 0.4) is 0 Å². The van der Waals surface area contributed by atoms with Crippen molar-refractivity contribution in [1.29, 1.82) is 0 Å². The number of hydrogen-bond acceptors (Lipinski definition) is 5. The lowest BCUT2D eigenvalue weighted by Crippen LogP contribution is -2.22. The number of nitrogens with two attached hydrogens (primary N) is 1. The lowest BCUT2D eigenvalue weighted by molar-refractivity contribution is -0.136. The molecule has 0 spiro atoms. The highest BCUT2D eigenvalue weighted by Crippen LogP contribution is 2.04. The zero-order valence-electron chi connectivity index (χ0n) is 9.52. The van der Waals surface area contributed by atoms with E-state index in [0.29, 0.717) is 12.4 Å². The van der Waals surface area contributed by atoms with E-state index in [2.05, 4.69) is 9.97 Å². The standard InChI is InChI=1S/C10H15N3O4/c1-2-3-17-5-7-12-9(11)6(4-8(14)15)10(16)13-7/h2-5H2,1H3,(H,14,15)(H3,11,12,13,16). The molecule has 0 aliphatic carbocycles. The first-order valence-electron chi connectivity index (χ1n) is 5.21. The molecule has 0 bridgehead atoms. The molecule has 0 amide bonds. The number of aromatic amines is 1. The summed E-state index contributed by atoms with van der Waals surface area (Å²) >= 11 is 0. The zero-order chi connectivity index (χ0) is 12.8. The number of nitrogen functional groups attached to an aromatic ring is 1. The van der Waals surface area contributed by atoms with Gasteiger partial charge in [0.2, 0.25) is 0 Å². The minimum atomic E-state index is -1.13. The summed E-state index contributed by atoms with van der Waals surface area (Å²) in [5.41, 5.74) is 4.96. The third kappa shape index (κ3) is 3.87. The molecule has 0 saturated carbocycles. The van der Waals surface area contributed by atoms with E-state index >= 15 is 0 Å². The third-order valence-corrected chi connectivity index (χ3v) is 2.01. The number of carbonyl (C=O) groups is 1. The molecule has 0 radical (unpaired) electrons. The van der Waals surface area contributed by atoms with Gasteiger partial charge in [0.25, 0.3) is 5.56 Å². The molecule has 0 atom stereocenters. The number of rotatable bonds is 6. The molecule has 1 heterocycles. The number of nitrogens with one attached hydrogen (secondary N) is 1. The van der Waals surface area contributed by atoms with Crippen LogP contribution in [0, 0.1) is 0 Å². The molecule has 0 aromatic carbocycles. The number of hydrogen-bond donors (Lipinski definition) is 3. The molecule has 4 N–H and O–H groups in total. The van der Waals surface area contributed by atoms with E-state index in [1.807, 2.05) is 6.92 Å². The van der Waals surface area contributed by atoms with Crippen LogP contribution in [0.5, 0.6) is 0 Å². The number of carboxylic acids is 1. The van der Waals surface area contributed by atoms with E-state index in [1.54, 1.807) is 0 Å². The van der Waals surface area contributed by atoms with Crippen LogP contribution in [0.25, 0.3) is 0 Å². The Hall–Kier alpha value is -1.89. The fourth-order valence-electron chi connectivity index (χ4n) is 1.27. The Labute approximate surface area is 97.6 Å². The topological polar surface area (TPSA) is 118 Å². The minimum Gasteiger partial charge on any atom is -0.481 e. The second-order valence-electron chi connectivity index (χ2n) is 3.50. The normalized spacial score (nSPS) is 10.4. The summed E-state index contributed by atoms with van der Waals surface area (Å²) in [5.74, 6) is -0.889. The first kappa shape index (κ1) is 13.2. The van der Waals surface area contributed by atoms with Gasteiger partial charge in [0.05, 0.1) is 12.0 Å². The van der Waals surface area contributed by atoms with Gasteiger partial charge >= 0.3 is 5.97 Å². The van der Waals surface area contributed by atoms with Crippen LogP contribution in [0.2, 0.25) is 0 Å². The lowest BCUT2D eigenvalue weighted by Gasteiger charge is -2.05. The third-order valence-electron chi connectivity index (χ3n) is 2.01. The first-order valence-corrected chi connectivity index (χ1v) is 5.21. The van der Waals surface area contributed by atoms with E-state index in [1.165, 1.54) is 0 Å². The first-order chi connectivity index (χ1) is 8.04. The van der Waals surface area contributed by atoms with Gasteiger partial charge < -0.3 is 20.6 Å². The largest absolute Gasteiger partial charge is 0.481 e. The summed E-state index contributed by atoms with van der Waals surface area (Å²) in [6.07, 6.45) is 0.418. The number of aliphatic carboxylic acids is 1. The second-order valence-corrected chi connectivity index (χ2v) is 3.50. The van der Waals surface area contributed by atoms with Gasteiger partial charge in [0.1, 0.15) is 18.2 Å². The van der Waals surface area contributed by atoms with E-state index < -0.39 is 17.9 Å². The average molecular weight is 241 g/mol. The van der Waals surface area contributed by atoms with Crippen molar-refractivity contribution in [2.75, 3.05) is 12.3 Å². The summed E-state index contributed by atoms with van der Waals surface area (Å²) in [6.45, 7) is 2.67. The van der Waals surface area contributed by atoms with Crippen LogP contribution < -0.4 is 11.3 Å². The molecule has 0 fully saturated rings. The van der Waals surface area contributed by atoms with Gasteiger partial charge in [-0.25, -0.2) is 4.98 Å². The summed E-state index contributed by atoms with van der Waals surface area (Å²) in [7, 11) is 0. The van der Waals surface area contributed by atoms with Gasteiger partial charge in [0, 0.05) is 6.61 Å². The number of aromatic nitrogens is 2. The number of H-pyrrole nitrogens is 1. The molecule has 0 aliphatic heterocycles. The monoisotopic (exact) mass is 241 g/mol. The maximum absolute atomic E-state index is 11.5. The highest BCUT2D eigenvalue weighted by Gasteiger charge is 2.12. The van der Waals surface area contributed by atoms with Gasteiger partial charge in [-0.3, -0.25) is 9.59 Å². The van der Waals surface area contributed by atoms with Crippen molar-refractivity contribution in [1.82, 2.24) is 9.97 Å². The number of carboxylic acid groups (broad SMARTS) is 1. The molecule has 17 heavy (non-hydrogen) atoms. The van der Waals surface area contributed by atoms with Crippen LogP contribution in [0.15, 0.2) is 4.79 Å². The summed E-state index contributed by atoms with van der Waals surface area (Å²) < 4.78 is 5.20. The van der Waals surface area contributed by atoms with Gasteiger partial charge in [-0.15, -0.1) is 0 Å². The van der Waals surface area contributed by atoms with Gasteiger partial charge in [0.15, 0.2) is 0 Å². The van der Waals surface area contributed by atoms with Crippen LogP contribution in [0.4, 0.5) is 5.82 Å². The number of nitrogens with zero attached hydrogens (tertiary/aromatic N) is 1.